The van der Waals surface area contributed by atoms with E-state index in [4.69, 9.17) is 0 Å². The molecular weight excluding hydrogens is 386 g/mol. The third-order valence-electron chi connectivity index (χ3n) is 4.74. The van der Waals surface area contributed by atoms with E-state index in [1.807, 2.05) is 13.8 Å². The summed E-state index contributed by atoms with van der Waals surface area (Å²) in [4.78, 5) is 7.20. The van der Waals surface area contributed by atoms with Crippen molar-refractivity contribution >= 4 is 16.0 Å². The first-order valence-electron chi connectivity index (χ1n) is 10.7. The van der Waals surface area contributed by atoms with Gasteiger partial charge in [0, 0.05) is 19.1 Å². The van der Waals surface area contributed by atoms with Gasteiger partial charge in [-0.25, -0.2) is 13.1 Å². The molecule has 1 atom stereocenters. The fraction of sp³-hybridized carbons (Fsp3) is 0.667. The van der Waals surface area contributed by atoms with Crippen LogP contribution in [0.15, 0.2) is 34.2 Å². The van der Waals surface area contributed by atoms with E-state index in [1.165, 1.54) is 0 Å². The minimum Gasteiger partial charge on any atom is -0.357 e. The van der Waals surface area contributed by atoms with E-state index in [2.05, 4.69) is 46.0 Å². The van der Waals surface area contributed by atoms with E-state index >= 15 is 0 Å². The smallest absolute Gasteiger partial charge is 0.240 e. The molecular formula is C21H39N5O2S. The average Bonchev–Trinajstić information content (AvgIpc) is 2.69. The molecule has 0 spiro atoms. The fourth-order valence-electron chi connectivity index (χ4n) is 2.93. The molecule has 0 saturated carbocycles. The molecule has 0 saturated heterocycles. The van der Waals surface area contributed by atoms with Crippen molar-refractivity contribution in [3.63, 3.8) is 0 Å². The van der Waals surface area contributed by atoms with Crippen molar-refractivity contribution in [3.8, 4) is 0 Å². The topological polar surface area (TPSA) is 85.8 Å². The summed E-state index contributed by atoms with van der Waals surface area (Å²) in [5, 5.41) is 6.63. The summed E-state index contributed by atoms with van der Waals surface area (Å²) in [7, 11) is -3.50. The second kappa shape index (κ2) is 13.6. The largest absolute Gasteiger partial charge is 0.357 e. The lowest BCUT2D eigenvalue weighted by atomic mass is 10.2. The summed E-state index contributed by atoms with van der Waals surface area (Å²) in [6, 6.07) is 7.12. The number of aryl methyl sites for hydroxylation is 1. The normalized spacial score (nSPS) is 13.5. The highest BCUT2D eigenvalue weighted by Gasteiger charge is 2.12. The molecule has 1 unspecified atom stereocenters. The van der Waals surface area contributed by atoms with Crippen molar-refractivity contribution < 1.29 is 8.42 Å². The SMILES string of the molecule is CCNC(=NCCNS(=O)(=O)c1ccc(C)cc1)NC(C)CCCN(CC)CC. The first-order valence-corrected chi connectivity index (χ1v) is 12.1. The Labute approximate surface area is 177 Å². The second-order valence-electron chi connectivity index (χ2n) is 7.19. The van der Waals surface area contributed by atoms with Crippen molar-refractivity contribution in [1.82, 2.24) is 20.3 Å². The zero-order valence-corrected chi connectivity index (χ0v) is 19.5. The highest BCUT2D eigenvalue weighted by atomic mass is 32.2. The zero-order chi connectivity index (χ0) is 21.7. The summed E-state index contributed by atoms with van der Waals surface area (Å²) in [5.74, 6) is 0.720. The van der Waals surface area contributed by atoms with E-state index in [0.29, 0.717) is 12.6 Å². The van der Waals surface area contributed by atoms with Gasteiger partial charge < -0.3 is 15.5 Å². The molecule has 8 heteroatoms. The monoisotopic (exact) mass is 425 g/mol. The van der Waals surface area contributed by atoms with Crippen LogP contribution in [0.25, 0.3) is 0 Å². The molecule has 1 rings (SSSR count). The maximum Gasteiger partial charge on any atom is 0.240 e. The minimum absolute atomic E-state index is 0.253. The van der Waals surface area contributed by atoms with E-state index in [9.17, 15) is 8.42 Å². The van der Waals surface area contributed by atoms with Gasteiger partial charge in [0.25, 0.3) is 0 Å². The van der Waals surface area contributed by atoms with Crippen LogP contribution in [-0.2, 0) is 10.0 Å². The Morgan fingerprint density at radius 1 is 1.14 bits per heavy atom. The van der Waals surface area contributed by atoms with Crippen molar-refractivity contribution in [2.24, 2.45) is 4.99 Å². The van der Waals surface area contributed by atoms with Crippen LogP contribution >= 0.6 is 0 Å². The van der Waals surface area contributed by atoms with Crippen molar-refractivity contribution in [1.29, 1.82) is 0 Å². The number of hydrogen-bond acceptors (Lipinski definition) is 4. The summed E-state index contributed by atoms with van der Waals surface area (Å²) in [6.45, 7) is 15.1. The van der Waals surface area contributed by atoms with Gasteiger partial charge in [0.1, 0.15) is 0 Å². The molecule has 3 N–H and O–H groups in total. The highest BCUT2D eigenvalue weighted by Crippen LogP contribution is 2.09. The van der Waals surface area contributed by atoms with Crippen LogP contribution in [0.4, 0.5) is 0 Å². The van der Waals surface area contributed by atoms with Gasteiger partial charge >= 0.3 is 0 Å². The molecule has 166 valence electrons. The lowest BCUT2D eigenvalue weighted by molar-refractivity contribution is 0.292. The lowest BCUT2D eigenvalue weighted by Gasteiger charge is -2.21. The molecule has 0 aliphatic heterocycles. The van der Waals surface area contributed by atoms with Crippen LogP contribution < -0.4 is 15.4 Å². The van der Waals surface area contributed by atoms with E-state index in [0.717, 1.165) is 50.5 Å². The van der Waals surface area contributed by atoms with E-state index < -0.39 is 10.0 Å². The summed E-state index contributed by atoms with van der Waals surface area (Å²) in [6.07, 6.45) is 2.19. The predicted molar refractivity (Wildman–Crippen MR) is 122 cm³/mol. The summed E-state index contributed by atoms with van der Waals surface area (Å²) < 4.78 is 27.2. The number of aliphatic imine (C=N–C) groups is 1. The van der Waals surface area contributed by atoms with Gasteiger partial charge in [-0.05, 0) is 65.4 Å². The average molecular weight is 426 g/mol. The maximum absolute atomic E-state index is 12.3. The molecule has 29 heavy (non-hydrogen) atoms. The first-order chi connectivity index (χ1) is 13.8. The quantitative estimate of drug-likeness (QED) is 0.257. The lowest BCUT2D eigenvalue weighted by Crippen LogP contribution is -2.43. The molecule has 0 radical (unpaired) electrons. The Morgan fingerprint density at radius 2 is 1.79 bits per heavy atom. The number of nitrogens with one attached hydrogen (secondary N) is 3. The highest BCUT2D eigenvalue weighted by molar-refractivity contribution is 7.89. The molecule has 0 aliphatic carbocycles. The number of nitrogens with zero attached hydrogens (tertiary/aromatic N) is 2. The predicted octanol–water partition coefficient (Wildman–Crippen LogP) is 2.34. The molecule has 0 amide bonds. The summed E-state index contributed by atoms with van der Waals surface area (Å²) in [5.41, 5.74) is 1.03. The van der Waals surface area contributed by atoms with Crippen LogP contribution in [0.5, 0.6) is 0 Å². The minimum atomic E-state index is -3.50. The van der Waals surface area contributed by atoms with Gasteiger partial charge in [-0.2, -0.15) is 0 Å². The van der Waals surface area contributed by atoms with Crippen LogP contribution in [0.1, 0.15) is 46.1 Å². The third-order valence-corrected chi connectivity index (χ3v) is 6.22. The Bertz CT molecular complexity index is 700. The first kappa shape index (κ1) is 25.4. The Morgan fingerprint density at radius 3 is 2.38 bits per heavy atom. The van der Waals surface area contributed by atoms with Gasteiger partial charge in [-0.1, -0.05) is 31.5 Å². The standard InChI is InChI=1S/C21H39N5O2S/c1-6-22-21(25-19(5)10-9-17-26(7-2)8-3)23-15-16-24-29(27,28)20-13-11-18(4)12-14-20/h11-14,19,24H,6-10,15-17H2,1-5H3,(H2,22,23,25). The van der Waals surface area contributed by atoms with Crippen molar-refractivity contribution in [2.75, 3.05) is 39.3 Å². The van der Waals surface area contributed by atoms with E-state index in [-0.39, 0.29) is 11.4 Å². The van der Waals surface area contributed by atoms with Crippen LogP contribution in [0.2, 0.25) is 0 Å². The maximum atomic E-state index is 12.3. The molecule has 0 heterocycles. The van der Waals surface area contributed by atoms with Gasteiger partial charge in [0.2, 0.25) is 10.0 Å². The number of hydrogen-bond donors (Lipinski definition) is 3. The van der Waals surface area contributed by atoms with Crippen LogP contribution in [-0.4, -0.2) is 64.6 Å². The number of guanidine groups is 1. The molecule has 0 aliphatic rings. The van der Waals surface area contributed by atoms with Gasteiger partial charge in [0.15, 0.2) is 5.96 Å². The Hall–Kier alpha value is -1.64. The molecule has 0 fully saturated rings. The molecule has 1 aromatic rings. The van der Waals surface area contributed by atoms with E-state index in [1.54, 1.807) is 24.3 Å². The van der Waals surface area contributed by atoms with Gasteiger partial charge in [-0.15, -0.1) is 0 Å². The second-order valence-corrected chi connectivity index (χ2v) is 8.95. The zero-order valence-electron chi connectivity index (χ0n) is 18.7. The van der Waals surface area contributed by atoms with Gasteiger partial charge in [-0.3, -0.25) is 4.99 Å². The number of rotatable bonds is 13. The summed E-state index contributed by atoms with van der Waals surface area (Å²) >= 11 is 0. The fourth-order valence-corrected chi connectivity index (χ4v) is 3.96. The van der Waals surface area contributed by atoms with Crippen molar-refractivity contribution in [3.05, 3.63) is 29.8 Å². The van der Waals surface area contributed by atoms with Crippen LogP contribution in [0.3, 0.4) is 0 Å². The Balaban J connectivity index is 2.47. The van der Waals surface area contributed by atoms with Crippen molar-refractivity contribution in [2.45, 2.75) is 58.4 Å². The molecule has 7 nitrogen and oxygen atoms in total. The Kier molecular flexibility index (Phi) is 11.9. The molecule has 1 aromatic carbocycles. The molecule has 0 bridgehead atoms. The number of benzene rings is 1. The molecule has 0 aromatic heterocycles. The van der Waals surface area contributed by atoms with Crippen LogP contribution in [0, 0.1) is 6.92 Å². The van der Waals surface area contributed by atoms with Gasteiger partial charge in [0.05, 0.1) is 11.4 Å². The third kappa shape index (κ3) is 10.1. The number of sulfonamides is 1.